The Labute approximate surface area is 216 Å². The first-order valence-corrected chi connectivity index (χ1v) is 12.2. The number of phenolic OH excluding ortho intramolecular Hbond substituents is 1. The van der Waals surface area contributed by atoms with E-state index in [1.807, 2.05) is 19.9 Å². The number of phenols is 1. The fourth-order valence-corrected chi connectivity index (χ4v) is 3.69. The quantitative estimate of drug-likeness (QED) is 0.233. The van der Waals surface area contributed by atoms with Crippen LogP contribution >= 0.6 is 0 Å². The van der Waals surface area contributed by atoms with Gasteiger partial charge in [0, 0.05) is 6.42 Å². The summed E-state index contributed by atoms with van der Waals surface area (Å²) < 4.78 is 0. The van der Waals surface area contributed by atoms with E-state index >= 15 is 0 Å². The van der Waals surface area contributed by atoms with E-state index in [4.69, 9.17) is 5.73 Å². The summed E-state index contributed by atoms with van der Waals surface area (Å²) in [4.78, 5) is 50.0. The van der Waals surface area contributed by atoms with Gasteiger partial charge in [-0.3, -0.25) is 14.4 Å². The molecule has 0 spiro atoms. The third-order valence-corrected chi connectivity index (χ3v) is 5.72. The average Bonchev–Trinajstić information content (AvgIpc) is 2.84. The van der Waals surface area contributed by atoms with Crippen LogP contribution in [0.2, 0.25) is 0 Å². The van der Waals surface area contributed by atoms with E-state index in [9.17, 15) is 29.4 Å². The lowest BCUT2D eigenvalue weighted by Gasteiger charge is -2.24. The summed E-state index contributed by atoms with van der Waals surface area (Å²) in [6.45, 7) is 5.22. The van der Waals surface area contributed by atoms with Crippen LogP contribution in [-0.4, -0.2) is 58.1 Å². The van der Waals surface area contributed by atoms with Crippen molar-refractivity contribution in [3.63, 3.8) is 0 Å². The molecule has 7 N–H and O–H groups in total. The molecule has 3 amide bonds. The molecule has 0 aliphatic heterocycles. The van der Waals surface area contributed by atoms with Gasteiger partial charge in [-0.25, -0.2) is 4.79 Å². The first kappa shape index (κ1) is 29.3. The van der Waals surface area contributed by atoms with Crippen LogP contribution in [0.3, 0.4) is 0 Å². The average molecular weight is 513 g/mol. The molecule has 4 atom stereocenters. The van der Waals surface area contributed by atoms with Gasteiger partial charge in [0.25, 0.3) is 0 Å². The van der Waals surface area contributed by atoms with E-state index in [0.29, 0.717) is 6.42 Å². The standard InChI is InChI=1S/C27H36N4O6/c1-16(2)13-22(30-25(34)21(28)14-19-9-11-20(32)12-10-19)26(35)29-17(3)24(33)31-23(27(36)37)15-18-7-5-4-6-8-18/h4-12,16-17,21-23,32H,13-15,28H2,1-3H3,(H,29,35)(H,30,34)(H,31,33)(H,36,37). The second kappa shape index (κ2) is 14.0. The van der Waals surface area contributed by atoms with Gasteiger partial charge in [0.1, 0.15) is 23.9 Å². The Balaban J connectivity index is 1.98. The van der Waals surface area contributed by atoms with Crippen molar-refractivity contribution in [3.8, 4) is 5.75 Å². The zero-order chi connectivity index (χ0) is 27.5. The van der Waals surface area contributed by atoms with Gasteiger partial charge in [-0.15, -0.1) is 0 Å². The molecule has 0 saturated heterocycles. The van der Waals surface area contributed by atoms with Crippen LogP contribution in [0.25, 0.3) is 0 Å². The number of carbonyl (C=O) groups excluding carboxylic acids is 3. The van der Waals surface area contributed by atoms with Gasteiger partial charge in [0.05, 0.1) is 6.04 Å². The van der Waals surface area contributed by atoms with Gasteiger partial charge < -0.3 is 31.9 Å². The van der Waals surface area contributed by atoms with E-state index in [1.54, 1.807) is 36.4 Å². The summed E-state index contributed by atoms with van der Waals surface area (Å²) in [5, 5.41) is 26.6. The molecule has 37 heavy (non-hydrogen) atoms. The predicted octanol–water partition coefficient (Wildman–Crippen LogP) is 1.11. The van der Waals surface area contributed by atoms with Gasteiger partial charge >= 0.3 is 5.97 Å². The number of hydrogen-bond donors (Lipinski definition) is 6. The topological polar surface area (TPSA) is 171 Å². The highest BCUT2D eigenvalue weighted by Gasteiger charge is 2.29. The highest BCUT2D eigenvalue weighted by molar-refractivity contribution is 5.94. The van der Waals surface area contributed by atoms with Gasteiger partial charge in [-0.2, -0.15) is 0 Å². The number of carboxylic acid groups (broad SMARTS) is 1. The van der Waals surface area contributed by atoms with Gasteiger partial charge in [0.2, 0.25) is 17.7 Å². The largest absolute Gasteiger partial charge is 0.508 e. The zero-order valence-corrected chi connectivity index (χ0v) is 21.3. The third-order valence-electron chi connectivity index (χ3n) is 5.72. The van der Waals surface area contributed by atoms with E-state index in [1.165, 1.54) is 19.1 Å². The summed E-state index contributed by atoms with van der Waals surface area (Å²) in [5.74, 6) is -2.80. The molecule has 0 aliphatic rings. The number of carbonyl (C=O) groups is 4. The Kier molecular flexibility index (Phi) is 11.1. The Hall–Kier alpha value is -3.92. The number of nitrogens with one attached hydrogen (secondary N) is 3. The van der Waals surface area contributed by atoms with Crippen LogP contribution in [0.5, 0.6) is 5.75 Å². The third kappa shape index (κ3) is 9.92. The number of hydrogen-bond acceptors (Lipinski definition) is 6. The molecule has 10 nitrogen and oxygen atoms in total. The lowest BCUT2D eigenvalue weighted by molar-refractivity contribution is -0.142. The van der Waals surface area contributed by atoms with Crippen LogP contribution in [0.1, 0.15) is 38.3 Å². The number of rotatable bonds is 13. The monoisotopic (exact) mass is 512 g/mol. The van der Waals surface area contributed by atoms with Crippen molar-refractivity contribution < 1.29 is 29.4 Å². The normalized spacial score (nSPS) is 14.2. The Morgan fingerprint density at radius 2 is 1.32 bits per heavy atom. The number of amides is 3. The van der Waals surface area contributed by atoms with E-state index in [-0.39, 0.29) is 24.5 Å². The Bertz CT molecular complexity index is 1060. The maximum absolute atomic E-state index is 13.0. The van der Waals surface area contributed by atoms with E-state index < -0.39 is 47.9 Å². The molecule has 2 aromatic carbocycles. The summed E-state index contributed by atoms with van der Waals surface area (Å²) in [6.07, 6.45) is 0.607. The molecule has 0 bridgehead atoms. The second-order valence-corrected chi connectivity index (χ2v) is 9.49. The van der Waals surface area contributed by atoms with Crippen LogP contribution in [0.15, 0.2) is 54.6 Å². The molecule has 2 rings (SSSR count). The van der Waals surface area contributed by atoms with Gasteiger partial charge in [-0.05, 0) is 48.9 Å². The zero-order valence-electron chi connectivity index (χ0n) is 21.3. The maximum atomic E-state index is 13.0. The fraction of sp³-hybridized carbons (Fsp3) is 0.407. The molecule has 0 aromatic heterocycles. The number of carboxylic acids is 1. The summed E-state index contributed by atoms with van der Waals surface area (Å²) in [5.41, 5.74) is 7.53. The molecular weight excluding hydrogens is 476 g/mol. The highest BCUT2D eigenvalue weighted by atomic mass is 16.4. The molecule has 10 heteroatoms. The van der Waals surface area contributed by atoms with Crippen molar-refractivity contribution in [1.29, 1.82) is 0 Å². The molecular formula is C27H36N4O6. The molecule has 200 valence electrons. The van der Waals surface area contributed by atoms with Crippen molar-refractivity contribution in [3.05, 3.63) is 65.7 Å². The molecule has 0 fully saturated rings. The summed E-state index contributed by atoms with van der Waals surface area (Å²) in [7, 11) is 0. The van der Waals surface area contributed by atoms with Crippen LogP contribution in [0, 0.1) is 5.92 Å². The lowest BCUT2D eigenvalue weighted by atomic mass is 10.0. The summed E-state index contributed by atoms with van der Waals surface area (Å²) >= 11 is 0. The van der Waals surface area contributed by atoms with Crippen molar-refractivity contribution in [1.82, 2.24) is 16.0 Å². The second-order valence-electron chi connectivity index (χ2n) is 9.49. The van der Waals surface area contributed by atoms with Crippen molar-refractivity contribution >= 4 is 23.7 Å². The van der Waals surface area contributed by atoms with Crippen molar-refractivity contribution in [2.24, 2.45) is 11.7 Å². The van der Waals surface area contributed by atoms with E-state index in [0.717, 1.165) is 11.1 Å². The van der Waals surface area contributed by atoms with Gasteiger partial charge in [-0.1, -0.05) is 56.3 Å². The van der Waals surface area contributed by atoms with Crippen LogP contribution in [-0.2, 0) is 32.0 Å². The minimum atomic E-state index is -1.19. The smallest absolute Gasteiger partial charge is 0.326 e. The van der Waals surface area contributed by atoms with Crippen LogP contribution in [0.4, 0.5) is 0 Å². The Morgan fingerprint density at radius 3 is 1.89 bits per heavy atom. The van der Waals surface area contributed by atoms with E-state index in [2.05, 4.69) is 16.0 Å². The SMILES string of the molecule is CC(C)CC(NC(=O)C(N)Cc1ccc(O)cc1)C(=O)NC(C)C(=O)NC(Cc1ccccc1)C(=O)O. The first-order chi connectivity index (χ1) is 17.5. The molecule has 0 radical (unpaired) electrons. The number of aliphatic carboxylic acids is 1. The van der Waals surface area contributed by atoms with Gasteiger partial charge in [0.15, 0.2) is 0 Å². The van der Waals surface area contributed by atoms with Crippen molar-refractivity contribution in [2.45, 2.75) is 64.2 Å². The maximum Gasteiger partial charge on any atom is 0.326 e. The predicted molar refractivity (Wildman–Crippen MR) is 138 cm³/mol. The number of benzene rings is 2. The molecule has 2 aromatic rings. The molecule has 4 unspecified atom stereocenters. The number of aromatic hydroxyl groups is 1. The molecule has 0 aliphatic carbocycles. The minimum Gasteiger partial charge on any atom is -0.508 e. The Morgan fingerprint density at radius 1 is 0.757 bits per heavy atom. The minimum absolute atomic E-state index is 0.0516. The molecule has 0 heterocycles. The van der Waals surface area contributed by atoms with Crippen LogP contribution < -0.4 is 21.7 Å². The fourth-order valence-electron chi connectivity index (χ4n) is 3.69. The van der Waals surface area contributed by atoms with Crippen molar-refractivity contribution in [2.75, 3.05) is 0 Å². The summed E-state index contributed by atoms with van der Waals surface area (Å²) in [6, 6.07) is 11.1. The lowest BCUT2D eigenvalue weighted by Crippen LogP contribution is -2.56. The highest BCUT2D eigenvalue weighted by Crippen LogP contribution is 2.12. The first-order valence-electron chi connectivity index (χ1n) is 12.2. The number of nitrogens with two attached hydrogens (primary N) is 1. The molecule has 0 saturated carbocycles.